The van der Waals surface area contributed by atoms with Gasteiger partial charge in [0.05, 0.1) is 0 Å². The van der Waals surface area contributed by atoms with Gasteiger partial charge >= 0.3 is 0 Å². The first-order valence-electron chi connectivity index (χ1n) is 5.79. The van der Waals surface area contributed by atoms with E-state index in [-0.39, 0.29) is 0 Å². The number of nitrogens with one attached hydrogen (secondary N) is 1. The summed E-state index contributed by atoms with van der Waals surface area (Å²) in [6.07, 6.45) is 5.83. The molecule has 1 aliphatic rings. The van der Waals surface area contributed by atoms with E-state index in [0.717, 1.165) is 26.1 Å². The van der Waals surface area contributed by atoms with Crippen molar-refractivity contribution >= 4 is 0 Å². The van der Waals surface area contributed by atoms with Gasteiger partial charge in [-0.15, -0.1) is 0 Å². The van der Waals surface area contributed by atoms with Crippen molar-refractivity contribution in [3.63, 3.8) is 0 Å². The number of ether oxygens (including phenoxy) is 1. The van der Waals surface area contributed by atoms with Gasteiger partial charge < -0.3 is 14.6 Å². The Hall–Kier alpha value is -0.800. The number of methoxy groups -OCH3 is 1. The SMILES string of the molecule is COCCCn1cccc1[C@@H]1CCCN1. The fourth-order valence-electron chi connectivity index (χ4n) is 2.26. The molecule has 0 saturated carbocycles. The summed E-state index contributed by atoms with van der Waals surface area (Å²) in [5.74, 6) is 0. The molecule has 0 aromatic carbocycles. The van der Waals surface area contributed by atoms with Crippen molar-refractivity contribution in [3.8, 4) is 0 Å². The van der Waals surface area contributed by atoms with Gasteiger partial charge in [0.2, 0.25) is 0 Å². The van der Waals surface area contributed by atoms with Gasteiger partial charge in [-0.05, 0) is 37.9 Å². The summed E-state index contributed by atoms with van der Waals surface area (Å²) < 4.78 is 7.43. The molecule has 2 rings (SSSR count). The molecular formula is C12H20N2O. The van der Waals surface area contributed by atoms with E-state index in [1.165, 1.54) is 18.5 Å². The fourth-order valence-corrected chi connectivity index (χ4v) is 2.26. The van der Waals surface area contributed by atoms with Crippen LogP contribution in [0.1, 0.15) is 31.0 Å². The zero-order valence-electron chi connectivity index (χ0n) is 9.41. The van der Waals surface area contributed by atoms with E-state index >= 15 is 0 Å². The highest BCUT2D eigenvalue weighted by atomic mass is 16.5. The minimum absolute atomic E-state index is 0.572. The maximum Gasteiger partial charge on any atom is 0.0479 e. The maximum absolute atomic E-state index is 5.08. The standard InChI is InChI=1S/C12H20N2O/c1-15-10-4-9-14-8-3-6-12(14)11-5-2-7-13-11/h3,6,8,11,13H,2,4-5,7,9-10H2,1H3/t11-/m0/s1. The lowest BCUT2D eigenvalue weighted by atomic mass is 10.1. The largest absolute Gasteiger partial charge is 0.385 e. The van der Waals surface area contributed by atoms with E-state index < -0.39 is 0 Å². The topological polar surface area (TPSA) is 26.2 Å². The summed E-state index contributed by atoms with van der Waals surface area (Å²) in [5.41, 5.74) is 1.43. The van der Waals surface area contributed by atoms with E-state index in [1.54, 1.807) is 7.11 Å². The van der Waals surface area contributed by atoms with Crippen LogP contribution in [0.25, 0.3) is 0 Å². The first-order valence-corrected chi connectivity index (χ1v) is 5.79. The van der Waals surface area contributed by atoms with Gasteiger partial charge in [0, 0.05) is 38.2 Å². The molecule has 0 unspecified atom stereocenters. The second-order valence-corrected chi connectivity index (χ2v) is 4.12. The zero-order valence-corrected chi connectivity index (χ0v) is 9.41. The average molecular weight is 208 g/mol. The highest BCUT2D eigenvalue weighted by Crippen LogP contribution is 2.23. The second kappa shape index (κ2) is 5.33. The maximum atomic E-state index is 5.08. The van der Waals surface area contributed by atoms with E-state index in [0.29, 0.717) is 6.04 Å². The Kier molecular flexibility index (Phi) is 3.80. The smallest absolute Gasteiger partial charge is 0.0479 e. The molecule has 84 valence electrons. The highest BCUT2D eigenvalue weighted by Gasteiger charge is 2.18. The highest BCUT2D eigenvalue weighted by molar-refractivity contribution is 5.13. The van der Waals surface area contributed by atoms with E-state index in [1.807, 2.05) is 0 Å². The molecule has 0 bridgehead atoms. The summed E-state index contributed by atoms with van der Waals surface area (Å²) in [6, 6.07) is 4.94. The summed E-state index contributed by atoms with van der Waals surface area (Å²) >= 11 is 0. The lowest BCUT2D eigenvalue weighted by molar-refractivity contribution is 0.190. The molecular weight excluding hydrogens is 188 g/mol. The van der Waals surface area contributed by atoms with Crippen molar-refractivity contribution in [2.45, 2.75) is 31.8 Å². The molecule has 1 fully saturated rings. The molecule has 3 heteroatoms. The number of hydrogen-bond acceptors (Lipinski definition) is 2. The van der Waals surface area contributed by atoms with Gasteiger partial charge in [0.25, 0.3) is 0 Å². The van der Waals surface area contributed by atoms with Gasteiger partial charge in [-0.3, -0.25) is 0 Å². The average Bonchev–Trinajstić information content (AvgIpc) is 2.87. The van der Waals surface area contributed by atoms with E-state index in [4.69, 9.17) is 4.74 Å². The molecule has 1 N–H and O–H groups in total. The number of nitrogens with zero attached hydrogens (tertiary/aromatic N) is 1. The molecule has 1 aromatic rings. The summed E-state index contributed by atoms with van der Waals surface area (Å²) in [7, 11) is 1.76. The summed E-state index contributed by atoms with van der Waals surface area (Å²) in [5, 5.41) is 3.54. The predicted molar refractivity (Wildman–Crippen MR) is 60.9 cm³/mol. The predicted octanol–water partition coefficient (Wildman–Crippen LogP) is 1.95. The van der Waals surface area contributed by atoms with Crippen molar-refractivity contribution in [2.24, 2.45) is 0 Å². The van der Waals surface area contributed by atoms with Crippen LogP contribution in [-0.4, -0.2) is 24.8 Å². The molecule has 2 heterocycles. The number of rotatable bonds is 5. The number of aromatic nitrogens is 1. The lowest BCUT2D eigenvalue weighted by Gasteiger charge is -2.14. The van der Waals surface area contributed by atoms with Crippen molar-refractivity contribution in [1.82, 2.24) is 9.88 Å². The summed E-state index contributed by atoms with van der Waals surface area (Å²) in [4.78, 5) is 0. The fraction of sp³-hybridized carbons (Fsp3) is 0.667. The second-order valence-electron chi connectivity index (χ2n) is 4.12. The van der Waals surface area contributed by atoms with Gasteiger partial charge in [-0.1, -0.05) is 0 Å². The van der Waals surface area contributed by atoms with E-state index in [9.17, 15) is 0 Å². The van der Waals surface area contributed by atoms with Crippen molar-refractivity contribution in [3.05, 3.63) is 24.0 Å². The van der Waals surface area contributed by atoms with Crippen molar-refractivity contribution < 1.29 is 4.74 Å². The van der Waals surface area contributed by atoms with Gasteiger partial charge in [0.1, 0.15) is 0 Å². The van der Waals surface area contributed by atoms with Gasteiger partial charge in [-0.2, -0.15) is 0 Å². The van der Waals surface area contributed by atoms with Gasteiger partial charge in [-0.25, -0.2) is 0 Å². The van der Waals surface area contributed by atoms with Crippen LogP contribution in [0, 0.1) is 0 Å². The summed E-state index contributed by atoms with van der Waals surface area (Å²) in [6.45, 7) is 3.07. The molecule has 0 aliphatic carbocycles. The Labute approximate surface area is 91.4 Å². The Morgan fingerprint density at radius 2 is 2.53 bits per heavy atom. The van der Waals surface area contributed by atoms with Crippen molar-refractivity contribution in [2.75, 3.05) is 20.3 Å². The molecule has 15 heavy (non-hydrogen) atoms. The first kappa shape index (κ1) is 10.7. The first-order chi connectivity index (χ1) is 7.42. The third-order valence-electron chi connectivity index (χ3n) is 3.03. The van der Waals surface area contributed by atoms with Crippen LogP contribution < -0.4 is 5.32 Å². The van der Waals surface area contributed by atoms with E-state index in [2.05, 4.69) is 28.2 Å². The normalized spacial score (nSPS) is 21.0. The van der Waals surface area contributed by atoms with Gasteiger partial charge in [0.15, 0.2) is 0 Å². The Balaban J connectivity index is 1.95. The van der Waals surface area contributed by atoms with Crippen LogP contribution in [0.3, 0.4) is 0 Å². The van der Waals surface area contributed by atoms with Crippen LogP contribution in [0.5, 0.6) is 0 Å². The molecule has 0 spiro atoms. The Bertz CT molecular complexity index is 290. The van der Waals surface area contributed by atoms with Crippen LogP contribution in [0.2, 0.25) is 0 Å². The molecule has 1 aliphatic heterocycles. The van der Waals surface area contributed by atoms with Crippen LogP contribution >= 0.6 is 0 Å². The minimum Gasteiger partial charge on any atom is -0.385 e. The number of hydrogen-bond donors (Lipinski definition) is 1. The monoisotopic (exact) mass is 208 g/mol. The molecule has 0 radical (unpaired) electrons. The van der Waals surface area contributed by atoms with Crippen molar-refractivity contribution in [1.29, 1.82) is 0 Å². The molecule has 1 aromatic heterocycles. The van der Waals surface area contributed by atoms with Crippen LogP contribution in [0.15, 0.2) is 18.3 Å². The Morgan fingerprint density at radius 3 is 3.27 bits per heavy atom. The third kappa shape index (κ3) is 2.61. The third-order valence-corrected chi connectivity index (χ3v) is 3.03. The Morgan fingerprint density at radius 1 is 1.60 bits per heavy atom. The zero-order chi connectivity index (χ0) is 10.5. The molecule has 1 atom stereocenters. The quantitative estimate of drug-likeness (QED) is 0.748. The minimum atomic E-state index is 0.572. The molecule has 3 nitrogen and oxygen atoms in total. The van der Waals surface area contributed by atoms with Crippen LogP contribution in [-0.2, 0) is 11.3 Å². The molecule has 0 amide bonds. The number of aryl methyl sites for hydroxylation is 1. The van der Waals surface area contributed by atoms with Crippen LogP contribution in [0.4, 0.5) is 0 Å². The lowest BCUT2D eigenvalue weighted by Crippen LogP contribution is -2.17. The molecule has 1 saturated heterocycles.